The molecule has 3 unspecified atom stereocenters. The number of nitrogens with one attached hydrogen (secondary N) is 1. The van der Waals surface area contributed by atoms with Gasteiger partial charge in [0.05, 0.1) is 26.3 Å². The van der Waals surface area contributed by atoms with Gasteiger partial charge in [0.25, 0.3) is 0 Å². The summed E-state index contributed by atoms with van der Waals surface area (Å²) < 4.78 is 76.0. The molecule has 15 nitrogen and oxygen atoms in total. The van der Waals surface area contributed by atoms with Gasteiger partial charge in [0.1, 0.15) is 17.3 Å². The lowest BCUT2D eigenvalue weighted by molar-refractivity contribution is -0.122. The number of carbonyl (C=O) groups excluding carboxylic acids is 3. The SMILES string of the molecule is CC(C)S(=O)(=O)N1CCC(=O)C(Br)CC1.CC(C)S(=O)(=O)N1CCc2nc(N)sc2CC1.CC1CCN(S(=O)(=O)C(C)C)CCC1=O.CC1CCNCCC1=O. The number of ketones is 3. The van der Waals surface area contributed by atoms with Crippen LogP contribution in [0.5, 0.6) is 0 Å². The lowest BCUT2D eigenvalue weighted by Crippen LogP contribution is -2.38. The van der Waals surface area contributed by atoms with E-state index in [0.29, 0.717) is 88.2 Å². The van der Waals surface area contributed by atoms with Crippen molar-refractivity contribution in [3.05, 3.63) is 10.6 Å². The van der Waals surface area contributed by atoms with Crippen LogP contribution in [-0.4, -0.2) is 133 Å². The molecule has 0 saturated carbocycles. The number of fused-ring (bicyclic) bond motifs is 1. The molecule has 3 atom stereocenters. The van der Waals surface area contributed by atoms with Gasteiger partial charge in [-0.15, -0.1) is 11.3 Å². The van der Waals surface area contributed by atoms with Crippen molar-refractivity contribution >= 4 is 79.8 Å². The first kappa shape index (κ1) is 50.8. The number of nitrogen functional groups attached to an aromatic ring is 1. The normalized spacial score (nSPS) is 24.0. The van der Waals surface area contributed by atoms with Crippen LogP contribution < -0.4 is 11.1 Å². The van der Waals surface area contributed by atoms with E-state index in [1.54, 1.807) is 45.8 Å². The van der Waals surface area contributed by atoms with Crippen molar-refractivity contribution in [3.63, 3.8) is 0 Å². The Balaban J connectivity index is 0.000000263. The molecule has 0 amide bonds. The summed E-state index contributed by atoms with van der Waals surface area (Å²) in [5, 5.41) is 2.58. The van der Waals surface area contributed by atoms with Crippen molar-refractivity contribution in [2.75, 3.05) is 58.1 Å². The molecule has 56 heavy (non-hydrogen) atoms. The Morgan fingerprint density at radius 3 is 1.59 bits per heavy atom. The predicted octanol–water partition coefficient (Wildman–Crippen LogP) is 3.62. The van der Waals surface area contributed by atoms with Gasteiger partial charge in [0, 0.05) is 88.2 Å². The maximum absolute atomic E-state index is 12.1. The van der Waals surface area contributed by atoms with Crippen molar-refractivity contribution in [3.8, 4) is 0 Å². The van der Waals surface area contributed by atoms with Crippen molar-refractivity contribution in [2.24, 2.45) is 11.8 Å². The minimum absolute atomic E-state index is 0.00244. The van der Waals surface area contributed by atoms with Crippen LogP contribution in [0, 0.1) is 11.8 Å². The highest BCUT2D eigenvalue weighted by Crippen LogP contribution is 2.26. The number of thiazole rings is 1. The number of anilines is 1. The zero-order valence-corrected chi connectivity index (χ0v) is 39.2. The zero-order valence-electron chi connectivity index (χ0n) is 34.3. The fourth-order valence-electron chi connectivity index (χ4n) is 6.10. The van der Waals surface area contributed by atoms with Gasteiger partial charge in [-0.2, -0.15) is 0 Å². The molecule has 1 aromatic rings. The number of sulfonamides is 3. The predicted molar refractivity (Wildman–Crippen MR) is 227 cm³/mol. The third kappa shape index (κ3) is 15.0. The van der Waals surface area contributed by atoms with Gasteiger partial charge in [0.15, 0.2) is 5.13 Å². The summed E-state index contributed by atoms with van der Waals surface area (Å²) >= 11 is 4.73. The van der Waals surface area contributed by atoms with Gasteiger partial charge in [-0.1, -0.05) is 29.8 Å². The highest BCUT2D eigenvalue weighted by atomic mass is 79.9. The van der Waals surface area contributed by atoms with E-state index in [-0.39, 0.29) is 27.6 Å². The third-order valence-corrected chi connectivity index (χ3v) is 19.0. The Bertz CT molecular complexity index is 1690. The van der Waals surface area contributed by atoms with Gasteiger partial charge in [-0.05, 0) is 73.8 Å². The van der Waals surface area contributed by atoms with Crippen LogP contribution >= 0.6 is 27.3 Å². The van der Waals surface area contributed by atoms with E-state index >= 15 is 0 Å². The number of carbonyl (C=O) groups is 3. The number of rotatable bonds is 6. The maximum atomic E-state index is 12.1. The number of nitrogens with two attached hydrogens (primary N) is 1. The van der Waals surface area contributed by atoms with Gasteiger partial charge in [-0.25, -0.2) is 43.2 Å². The molecule has 0 radical (unpaired) electrons. The molecule has 0 spiro atoms. The molecule has 0 aliphatic carbocycles. The van der Waals surface area contributed by atoms with Crippen LogP contribution in [0.2, 0.25) is 0 Å². The van der Waals surface area contributed by atoms with Crippen LogP contribution in [0.15, 0.2) is 0 Å². The van der Waals surface area contributed by atoms with E-state index < -0.39 is 40.6 Å². The van der Waals surface area contributed by atoms with Crippen LogP contribution in [0.25, 0.3) is 0 Å². The summed E-state index contributed by atoms with van der Waals surface area (Å²) in [4.78, 5) is 39.0. The smallest absolute Gasteiger partial charge is 0.216 e. The summed E-state index contributed by atoms with van der Waals surface area (Å²) in [6.07, 6.45) is 4.98. The summed E-state index contributed by atoms with van der Waals surface area (Å²) in [5.41, 5.74) is 6.62. The van der Waals surface area contributed by atoms with Crippen LogP contribution in [0.1, 0.15) is 104 Å². The molecule has 4 aliphatic rings. The van der Waals surface area contributed by atoms with E-state index in [1.807, 2.05) is 13.8 Å². The van der Waals surface area contributed by atoms with Gasteiger partial charge in [0.2, 0.25) is 30.1 Å². The van der Waals surface area contributed by atoms with E-state index in [0.717, 1.165) is 42.9 Å². The van der Waals surface area contributed by atoms with E-state index in [1.165, 1.54) is 19.9 Å². The average molecular weight is 934 g/mol. The molecule has 4 aliphatic heterocycles. The first-order valence-electron chi connectivity index (χ1n) is 19.6. The van der Waals surface area contributed by atoms with Crippen LogP contribution in [0.3, 0.4) is 0 Å². The van der Waals surface area contributed by atoms with Crippen molar-refractivity contribution in [2.45, 2.75) is 127 Å². The number of hydrogen-bond acceptors (Lipinski definition) is 13. The second-order valence-electron chi connectivity index (χ2n) is 15.4. The zero-order chi connectivity index (χ0) is 42.6. The summed E-state index contributed by atoms with van der Waals surface area (Å²) in [5.74, 6) is 0.977. The number of hydrogen-bond donors (Lipinski definition) is 2. The molecule has 0 aromatic carbocycles. The molecule has 1 aromatic heterocycles. The fourth-order valence-corrected chi connectivity index (χ4v) is 11.3. The van der Waals surface area contributed by atoms with Gasteiger partial charge in [-0.3, -0.25) is 14.4 Å². The lowest BCUT2D eigenvalue weighted by atomic mass is 10.0. The Kier molecular flexibility index (Phi) is 20.7. The topological polar surface area (TPSA) is 214 Å². The summed E-state index contributed by atoms with van der Waals surface area (Å²) in [6, 6.07) is 0. The second-order valence-corrected chi connectivity index (χ2v) is 25.1. The number of Topliss-reactive ketones (excluding diaryl/α,β-unsaturated/α-hetero) is 3. The molecule has 0 bridgehead atoms. The quantitative estimate of drug-likeness (QED) is 0.392. The summed E-state index contributed by atoms with van der Waals surface area (Å²) in [7, 11) is -9.55. The van der Waals surface area contributed by atoms with Crippen molar-refractivity contribution in [1.82, 2.24) is 23.2 Å². The highest BCUT2D eigenvalue weighted by molar-refractivity contribution is 9.10. The van der Waals surface area contributed by atoms with Gasteiger partial charge < -0.3 is 11.1 Å². The molecule has 5 heterocycles. The minimum Gasteiger partial charge on any atom is -0.375 e. The highest BCUT2D eigenvalue weighted by Gasteiger charge is 2.32. The van der Waals surface area contributed by atoms with Crippen molar-refractivity contribution < 1.29 is 39.6 Å². The fraction of sp³-hybridized carbons (Fsp3) is 0.833. The molecule has 3 saturated heterocycles. The van der Waals surface area contributed by atoms with E-state index in [9.17, 15) is 39.6 Å². The molecule has 20 heteroatoms. The van der Waals surface area contributed by atoms with E-state index in [2.05, 4.69) is 26.2 Å². The molecule has 3 fully saturated rings. The van der Waals surface area contributed by atoms with Gasteiger partial charge >= 0.3 is 0 Å². The Morgan fingerprint density at radius 1 is 0.625 bits per heavy atom. The third-order valence-electron chi connectivity index (χ3n) is 10.3. The van der Waals surface area contributed by atoms with Crippen molar-refractivity contribution in [1.29, 1.82) is 0 Å². The largest absolute Gasteiger partial charge is 0.375 e. The van der Waals surface area contributed by atoms with E-state index in [4.69, 9.17) is 5.73 Å². The molecular weight excluding hydrogens is 869 g/mol. The Labute approximate surface area is 348 Å². The summed E-state index contributed by atoms with van der Waals surface area (Å²) in [6.45, 7) is 18.5. The maximum Gasteiger partial charge on any atom is 0.216 e. The molecular formula is C36H65BrN6O9S4. The number of halogens is 1. The van der Waals surface area contributed by atoms with Crippen LogP contribution in [0.4, 0.5) is 5.13 Å². The second kappa shape index (κ2) is 22.8. The van der Waals surface area contributed by atoms with Crippen LogP contribution in [-0.2, 0) is 57.3 Å². The average Bonchev–Trinajstić information content (AvgIpc) is 3.36. The number of alkyl halides is 1. The monoisotopic (exact) mass is 932 g/mol. The number of aromatic nitrogens is 1. The Morgan fingerprint density at radius 2 is 1.05 bits per heavy atom. The molecule has 5 rings (SSSR count). The minimum atomic E-state index is -3.21. The Hall–Kier alpha value is -1.39. The lowest BCUT2D eigenvalue weighted by Gasteiger charge is -2.22. The first-order valence-corrected chi connectivity index (χ1v) is 25.8. The molecule has 3 N–H and O–H groups in total. The molecule has 324 valence electrons. The number of nitrogens with zero attached hydrogens (tertiary/aromatic N) is 4. The first-order chi connectivity index (χ1) is 25.9. The standard InChI is InChI=1S/C10H17N3O2S2.C10H19NO3S.C9H16BrNO3S.C7H13NO/c1-7(2)17(14,15)13-5-3-8-9(4-6-13)16-10(11)12-8;1-8(2)15(13,14)11-6-4-9(3)10(12)5-7-11;1-7(2)15(13,14)11-5-3-8(10)9(12)4-6-11;1-6-2-4-8-5-3-7(6)9/h7H,3-6H2,1-2H3,(H2,11,12);8-9H,4-7H2,1-3H3;7-8H,3-6H2,1-2H3;6,8H,2-5H2,1H3.